The summed E-state index contributed by atoms with van der Waals surface area (Å²) in [6, 6.07) is 10.8. The van der Waals surface area contributed by atoms with E-state index in [9.17, 15) is 14.4 Å². The molecule has 3 aromatic rings. The molecular formula is C20H19N5O4S. The lowest BCUT2D eigenvalue weighted by atomic mass is 10.2. The number of Topliss-reactive ketones (excluding diaryl/α,β-unsaturated/α-hetero) is 1. The molecule has 2 amide bonds. The fourth-order valence-corrected chi connectivity index (χ4v) is 4.18. The van der Waals surface area contributed by atoms with E-state index in [1.807, 2.05) is 12.1 Å². The van der Waals surface area contributed by atoms with Crippen LogP contribution in [0, 0.1) is 0 Å². The number of hydrogen-bond donors (Lipinski definition) is 2. The molecular weight excluding hydrogens is 406 g/mol. The van der Waals surface area contributed by atoms with Gasteiger partial charge in [-0.1, -0.05) is 12.1 Å². The summed E-state index contributed by atoms with van der Waals surface area (Å²) in [4.78, 5) is 48.1. The molecule has 0 spiro atoms. The number of rotatable bonds is 7. The highest BCUT2D eigenvalue weighted by Gasteiger charge is 2.34. The smallest absolute Gasteiger partial charge is 0.252 e. The van der Waals surface area contributed by atoms with E-state index in [0.29, 0.717) is 16.9 Å². The summed E-state index contributed by atoms with van der Waals surface area (Å²) in [5.41, 5.74) is 4.62. The van der Waals surface area contributed by atoms with Crippen molar-refractivity contribution >= 4 is 40.5 Å². The molecule has 0 aliphatic carbocycles. The van der Waals surface area contributed by atoms with Gasteiger partial charge < -0.3 is 9.72 Å². The van der Waals surface area contributed by atoms with Crippen molar-refractivity contribution in [2.24, 2.45) is 0 Å². The molecule has 154 valence electrons. The van der Waals surface area contributed by atoms with Crippen LogP contribution in [0.25, 0.3) is 11.2 Å². The standard InChI is InChI=1S/C20H19N5O4S/c1-29-13-6-4-12(5-7-13)20-25(17(28)11-30-20)24-16(27)9-8-15(26)19-22-14-3-2-10-21-18(14)23-19/h2-7,10,20H,8-9,11H2,1H3,(H,24,27)(H,21,22,23). The summed E-state index contributed by atoms with van der Waals surface area (Å²) >= 11 is 1.42. The normalized spacial score (nSPS) is 16.1. The molecule has 2 N–H and O–H groups in total. The highest BCUT2D eigenvalue weighted by Crippen LogP contribution is 2.37. The Bertz CT molecular complexity index is 1070. The largest absolute Gasteiger partial charge is 0.497 e. The van der Waals surface area contributed by atoms with Gasteiger partial charge in [0.25, 0.3) is 5.91 Å². The zero-order valence-corrected chi connectivity index (χ0v) is 16.9. The number of methoxy groups -OCH3 is 1. The molecule has 10 heteroatoms. The van der Waals surface area contributed by atoms with Crippen molar-refractivity contribution in [3.05, 3.63) is 54.0 Å². The summed E-state index contributed by atoms with van der Waals surface area (Å²) in [6.07, 6.45) is 1.50. The van der Waals surface area contributed by atoms with Gasteiger partial charge >= 0.3 is 0 Å². The lowest BCUT2D eigenvalue weighted by Gasteiger charge is -2.24. The number of fused-ring (bicyclic) bond motifs is 1. The number of thioether (sulfide) groups is 1. The number of benzene rings is 1. The summed E-state index contributed by atoms with van der Waals surface area (Å²) in [6.45, 7) is 0. The van der Waals surface area contributed by atoms with Gasteiger partial charge in [0, 0.05) is 19.0 Å². The summed E-state index contributed by atoms with van der Waals surface area (Å²) < 4.78 is 5.15. The second kappa shape index (κ2) is 8.54. The predicted molar refractivity (Wildman–Crippen MR) is 111 cm³/mol. The number of pyridine rings is 1. The van der Waals surface area contributed by atoms with Gasteiger partial charge in [0.1, 0.15) is 11.1 Å². The molecule has 3 heterocycles. The molecule has 1 aromatic carbocycles. The number of ketones is 1. The zero-order valence-electron chi connectivity index (χ0n) is 16.1. The first-order valence-corrected chi connectivity index (χ1v) is 10.3. The van der Waals surface area contributed by atoms with Crippen LogP contribution in [0.15, 0.2) is 42.6 Å². The Morgan fingerprint density at radius 1 is 1.27 bits per heavy atom. The highest BCUT2D eigenvalue weighted by atomic mass is 32.2. The number of nitrogens with one attached hydrogen (secondary N) is 2. The minimum Gasteiger partial charge on any atom is -0.497 e. The van der Waals surface area contributed by atoms with Gasteiger partial charge in [0.05, 0.1) is 18.4 Å². The Morgan fingerprint density at radius 2 is 2.07 bits per heavy atom. The van der Waals surface area contributed by atoms with E-state index in [1.165, 1.54) is 16.8 Å². The van der Waals surface area contributed by atoms with Crippen LogP contribution in [-0.2, 0) is 9.59 Å². The number of imidazole rings is 1. The van der Waals surface area contributed by atoms with Crippen molar-refractivity contribution < 1.29 is 19.1 Å². The molecule has 0 saturated carbocycles. The topological polar surface area (TPSA) is 117 Å². The average Bonchev–Trinajstić information content (AvgIpc) is 3.36. The SMILES string of the molecule is COc1ccc(C2SCC(=O)N2NC(=O)CCC(=O)c2nc3ncccc3[nH]2)cc1. The average molecular weight is 425 g/mol. The monoisotopic (exact) mass is 425 g/mol. The molecule has 30 heavy (non-hydrogen) atoms. The van der Waals surface area contributed by atoms with Crippen LogP contribution in [0.2, 0.25) is 0 Å². The Hall–Kier alpha value is -3.40. The molecule has 1 fully saturated rings. The number of carbonyl (C=O) groups is 3. The van der Waals surface area contributed by atoms with Crippen LogP contribution in [0.3, 0.4) is 0 Å². The third-order valence-corrected chi connectivity index (χ3v) is 5.83. The Labute approximate surface area is 176 Å². The van der Waals surface area contributed by atoms with Gasteiger partial charge in [-0.2, -0.15) is 0 Å². The van der Waals surface area contributed by atoms with Crippen molar-refractivity contribution in [3.63, 3.8) is 0 Å². The van der Waals surface area contributed by atoms with Crippen LogP contribution < -0.4 is 10.2 Å². The Balaban J connectivity index is 1.37. The molecule has 4 rings (SSSR count). The lowest BCUT2D eigenvalue weighted by molar-refractivity contribution is -0.139. The van der Waals surface area contributed by atoms with Crippen molar-refractivity contribution in [3.8, 4) is 5.75 Å². The van der Waals surface area contributed by atoms with E-state index in [2.05, 4.69) is 20.4 Å². The zero-order chi connectivity index (χ0) is 21.1. The lowest BCUT2D eigenvalue weighted by Crippen LogP contribution is -2.44. The molecule has 1 atom stereocenters. The number of amides is 2. The van der Waals surface area contributed by atoms with Crippen molar-refractivity contribution in [1.82, 2.24) is 25.4 Å². The second-order valence-corrected chi connectivity index (χ2v) is 7.69. The van der Waals surface area contributed by atoms with Gasteiger partial charge in [-0.3, -0.25) is 19.8 Å². The number of ether oxygens (including phenoxy) is 1. The van der Waals surface area contributed by atoms with Crippen LogP contribution in [-0.4, -0.2) is 50.4 Å². The molecule has 1 unspecified atom stereocenters. The summed E-state index contributed by atoms with van der Waals surface area (Å²) in [7, 11) is 1.58. The predicted octanol–water partition coefficient (Wildman–Crippen LogP) is 2.23. The number of hydrazine groups is 1. The molecule has 9 nitrogen and oxygen atoms in total. The summed E-state index contributed by atoms with van der Waals surface area (Å²) in [5, 5.41) is 0.995. The molecule has 1 aliphatic rings. The van der Waals surface area contributed by atoms with E-state index >= 15 is 0 Å². The van der Waals surface area contributed by atoms with E-state index in [1.54, 1.807) is 37.6 Å². The van der Waals surface area contributed by atoms with E-state index < -0.39 is 5.91 Å². The van der Waals surface area contributed by atoms with E-state index in [0.717, 1.165) is 5.56 Å². The maximum absolute atomic E-state index is 12.4. The van der Waals surface area contributed by atoms with Gasteiger partial charge in [0.2, 0.25) is 5.91 Å². The first kappa shape index (κ1) is 19.9. The summed E-state index contributed by atoms with van der Waals surface area (Å²) in [5.74, 6) is 0.248. The maximum atomic E-state index is 12.4. The fourth-order valence-electron chi connectivity index (χ4n) is 3.07. The van der Waals surface area contributed by atoms with Crippen molar-refractivity contribution in [2.45, 2.75) is 18.2 Å². The van der Waals surface area contributed by atoms with Gasteiger partial charge in [-0.15, -0.1) is 11.8 Å². The van der Waals surface area contributed by atoms with Crippen LogP contribution >= 0.6 is 11.8 Å². The number of aromatic amines is 1. The number of H-pyrrole nitrogens is 1. The molecule has 0 radical (unpaired) electrons. The maximum Gasteiger partial charge on any atom is 0.252 e. The number of hydrogen-bond acceptors (Lipinski definition) is 7. The Morgan fingerprint density at radius 3 is 2.80 bits per heavy atom. The molecule has 1 aliphatic heterocycles. The minimum absolute atomic E-state index is 0.0337. The third-order valence-electron chi connectivity index (χ3n) is 4.61. The third kappa shape index (κ3) is 4.13. The molecule has 0 bridgehead atoms. The highest BCUT2D eigenvalue weighted by molar-refractivity contribution is 8.00. The molecule has 1 saturated heterocycles. The fraction of sp³-hybridized carbons (Fsp3) is 0.250. The van der Waals surface area contributed by atoms with E-state index in [-0.39, 0.29) is 41.5 Å². The number of aromatic nitrogens is 3. The quantitative estimate of drug-likeness (QED) is 0.558. The molecule has 2 aromatic heterocycles. The second-order valence-electron chi connectivity index (χ2n) is 6.62. The van der Waals surface area contributed by atoms with Crippen molar-refractivity contribution in [2.75, 3.05) is 12.9 Å². The van der Waals surface area contributed by atoms with Gasteiger partial charge in [-0.25, -0.2) is 15.0 Å². The van der Waals surface area contributed by atoms with Crippen LogP contribution in [0.4, 0.5) is 0 Å². The van der Waals surface area contributed by atoms with Crippen LogP contribution in [0.5, 0.6) is 5.75 Å². The van der Waals surface area contributed by atoms with Crippen molar-refractivity contribution in [1.29, 1.82) is 0 Å². The van der Waals surface area contributed by atoms with E-state index in [4.69, 9.17) is 4.74 Å². The van der Waals surface area contributed by atoms with Crippen LogP contribution in [0.1, 0.15) is 34.4 Å². The van der Waals surface area contributed by atoms with Gasteiger partial charge in [-0.05, 0) is 29.8 Å². The first-order chi connectivity index (χ1) is 14.5. The first-order valence-electron chi connectivity index (χ1n) is 9.26. The minimum atomic E-state index is -0.410. The number of nitrogens with zero attached hydrogens (tertiary/aromatic N) is 3. The Kier molecular flexibility index (Phi) is 5.66. The number of carbonyl (C=O) groups excluding carboxylic acids is 3. The van der Waals surface area contributed by atoms with Gasteiger partial charge in [0.15, 0.2) is 17.3 Å².